The zero-order valence-corrected chi connectivity index (χ0v) is 11.2. The van der Waals surface area contributed by atoms with E-state index in [-0.39, 0.29) is 18.2 Å². The van der Waals surface area contributed by atoms with E-state index in [9.17, 15) is 4.79 Å². The molecule has 0 aromatic heterocycles. The van der Waals surface area contributed by atoms with Crippen LogP contribution >= 0.6 is 11.6 Å². The Labute approximate surface area is 111 Å². The molecule has 5 heteroatoms. The van der Waals surface area contributed by atoms with Gasteiger partial charge in [-0.3, -0.25) is 5.41 Å². The molecular formula is C13H17ClN2O2. The lowest BCUT2D eigenvalue weighted by Crippen LogP contribution is -2.24. The fourth-order valence-electron chi connectivity index (χ4n) is 1.71. The molecule has 18 heavy (non-hydrogen) atoms. The predicted molar refractivity (Wildman–Crippen MR) is 73.9 cm³/mol. The summed E-state index contributed by atoms with van der Waals surface area (Å²) in [5.74, 6) is -1.17. The molecule has 0 radical (unpaired) electrons. The van der Waals surface area contributed by atoms with Crippen LogP contribution in [0, 0.1) is 5.41 Å². The first kappa shape index (κ1) is 14.5. The molecule has 0 bridgehead atoms. The van der Waals surface area contributed by atoms with Crippen molar-refractivity contribution in [2.75, 3.05) is 5.32 Å². The van der Waals surface area contributed by atoms with E-state index < -0.39 is 5.97 Å². The first-order valence-electron chi connectivity index (χ1n) is 5.79. The molecule has 0 spiro atoms. The molecule has 0 fully saturated rings. The SMILES string of the molecule is CCc1cc(Cl)ccc1NC(C)CC(=N)C(=O)O. The van der Waals surface area contributed by atoms with Crippen molar-refractivity contribution in [2.45, 2.75) is 32.7 Å². The number of carboxylic acid groups (broad SMARTS) is 1. The molecule has 0 amide bonds. The van der Waals surface area contributed by atoms with Gasteiger partial charge in [-0.05, 0) is 37.1 Å². The summed E-state index contributed by atoms with van der Waals surface area (Å²) in [6.45, 7) is 3.88. The molecule has 0 saturated heterocycles. The van der Waals surface area contributed by atoms with Crippen LogP contribution < -0.4 is 5.32 Å². The molecule has 0 aliphatic rings. The molecule has 0 heterocycles. The number of aryl methyl sites for hydroxylation is 1. The van der Waals surface area contributed by atoms with Gasteiger partial charge in [-0.25, -0.2) is 4.79 Å². The van der Waals surface area contributed by atoms with Gasteiger partial charge >= 0.3 is 5.97 Å². The summed E-state index contributed by atoms with van der Waals surface area (Å²) in [5.41, 5.74) is 1.73. The second-order valence-corrected chi connectivity index (χ2v) is 4.62. The van der Waals surface area contributed by atoms with Gasteiger partial charge in [-0.1, -0.05) is 18.5 Å². The summed E-state index contributed by atoms with van der Waals surface area (Å²) in [6.07, 6.45) is 1.02. The van der Waals surface area contributed by atoms with E-state index in [0.29, 0.717) is 5.02 Å². The van der Waals surface area contributed by atoms with Gasteiger partial charge in [0.1, 0.15) is 5.71 Å². The van der Waals surface area contributed by atoms with Gasteiger partial charge in [0.05, 0.1) is 0 Å². The smallest absolute Gasteiger partial charge is 0.349 e. The van der Waals surface area contributed by atoms with Crippen LogP contribution in [0.1, 0.15) is 25.8 Å². The van der Waals surface area contributed by atoms with Gasteiger partial charge in [0.2, 0.25) is 0 Å². The molecule has 1 aromatic rings. The lowest BCUT2D eigenvalue weighted by molar-refractivity contribution is -0.129. The molecule has 1 unspecified atom stereocenters. The first-order chi connectivity index (χ1) is 8.43. The Morgan fingerprint density at radius 3 is 2.78 bits per heavy atom. The number of carbonyl (C=O) groups is 1. The van der Waals surface area contributed by atoms with E-state index in [1.54, 1.807) is 6.07 Å². The van der Waals surface area contributed by atoms with E-state index >= 15 is 0 Å². The Balaban J connectivity index is 2.72. The number of halogens is 1. The van der Waals surface area contributed by atoms with Crippen LogP contribution in [0.25, 0.3) is 0 Å². The van der Waals surface area contributed by atoms with Crippen molar-refractivity contribution in [3.8, 4) is 0 Å². The maximum absolute atomic E-state index is 10.6. The minimum atomic E-state index is -1.17. The Hall–Kier alpha value is -1.55. The summed E-state index contributed by atoms with van der Waals surface area (Å²) >= 11 is 5.92. The number of aliphatic carboxylic acids is 1. The second-order valence-electron chi connectivity index (χ2n) is 4.19. The number of hydrogen-bond acceptors (Lipinski definition) is 3. The normalized spacial score (nSPS) is 11.9. The van der Waals surface area contributed by atoms with Crippen molar-refractivity contribution < 1.29 is 9.90 Å². The van der Waals surface area contributed by atoms with Crippen LogP contribution in [0.2, 0.25) is 5.02 Å². The van der Waals surface area contributed by atoms with E-state index in [4.69, 9.17) is 22.1 Å². The molecule has 3 N–H and O–H groups in total. The summed E-state index contributed by atoms with van der Waals surface area (Å²) in [5, 5.41) is 19.9. The number of hydrogen-bond donors (Lipinski definition) is 3. The highest BCUT2D eigenvalue weighted by Gasteiger charge is 2.12. The van der Waals surface area contributed by atoms with E-state index in [0.717, 1.165) is 17.7 Å². The summed E-state index contributed by atoms with van der Waals surface area (Å²) in [7, 11) is 0. The third-order valence-electron chi connectivity index (χ3n) is 2.62. The minimum Gasteiger partial charge on any atom is -0.477 e. The summed E-state index contributed by atoms with van der Waals surface area (Å²) < 4.78 is 0. The maximum atomic E-state index is 10.6. The van der Waals surface area contributed by atoms with Crippen LogP contribution in [0.4, 0.5) is 5.69 Å². The van der Waals surface area contributed by atoms with Crippen LogP contribution in [0.15, 0.2) is 18.2 Å². The van der Waals surface area contributed by atoms with Gasteiger partial charge in [0.15, 0.2) is 0 Å². The highest BCUT2D eigenvalue weighted by Crippen LogP contribution is 2.22. The van der Waals surface area contributed by atoms with Gasteiger partial charge in [-0.2, -0.15) is 0 Å². The van der Waals surface area contributed by atoms with Crippen molar-refractivity contribution in [1.29, 1.82) is 5.41 Å². The molecule has 98 valence electrons. The Bertz CT molecular complexity index is 460. The van der Waals surface area contributed by atoms with Crippen molar-refractivity contribution in [3.05, 3.63) is 28.8 Å². The zero-order valence-electron chi connectivity index (χ0n) is 10.5. The highest BCUT2D eigenvalue weighted by molar-refractivity contribution is 6.34. The molecule has 0 aliphatic carbocycles. The number of anilines is 1. The molecule has 0 saturated carbocycles. The molecule has 1 atom stereocenters. The molecular weight excluding hydrogens is 252 g/mol. The van der Waals surface area contributed by atoms with Crippen molar-refractivity contribution in [3.63, 3.8) is 0 Å². The fourth-order valence-corrected chi connectivity index (χ4v) is 1.90. The zero-order chi connectivity index (χ0) is 13.7. The average Bonchev–Trinajstić information content (AvgIpc) is 2.31. The van der Waals surface area contributed by atoms with Crippen LogP contribution in [0.3, 0.4) is 0 Å². The van der Waals surface area contributed by atoms with Gasteiger partial charge in [0.25, 0.3) is 0 Å². The Morgan fingerprint density at radius 2 is 2.22 bits per heavy atom. The van der Waals surface area contributed by atoms with Gasteiger partial charge in [0, 0.05) is 23.2 Å². The maximum Gasteiger partial charge on any atom is 0.349 e. The average molecular weight is 269 g/mol. The standard InChI is InChI=1S/C13H17ClN2O2/c1-3-9-7-10(14)4-5-12(9)16-8(2)6-11(15)13(17)18/h4-5,7-8,15-16H,3,6H2,1-2H3,(H,17,18). The lowest BCUT2D eigenvalue weighted by Gasteiger charge is -2.17. The number of carboxylic acids is 1. The summed E-state index contributed by atoms with van der Waals surface area (Å²) in [4.78, 5) is 10.6. The fraction of sp³-hybridized carbons (Fsp3) is 0.385. The predicted octanol–water partition coefficient (Wildman–Crippen LogP) is 3.20. The topological polar surface area (TPSA) is 73.2 Å². The Morgan fingerprint density at radius 1 is 1.56 bits per heavy atom. The van der Waals surface area contributed by atoms with Crippen molar-refractivity contribution in [1.82, 2.24) is 0 Å². The molecule has 0 aliphatic heterocycles. The largest absolute Gasteiger partial charge is 0.477 e. The first-order valence-corrected chi connectivity index (χ1v) is 6.17. The summed E-state index contributed by atoms with van der Waals surface area (Å²) in [6, 6.07) is 5.44. The van der Waals surface area contributed by atoms with E-state index in [1.807, 2.05) is 26.0 Å². The van der Waals surface area contributed by atoms with Crippen LogP contribution in [0.5, 0.6) is 0 Å². The molecule has 1 aromatic carbocycles. The third kappa shape index (κ3) is 4.04. The molecule has 4 nitrogen and oxygen atoms in total. The third-order valence-corrected chi connectivity index (χ3v) is 2.85. The van der Waals surface area contributed by atoms with Crippen molar-refractivity contribution in [2.24, 2.45) is 0 Å². The van der Waals surface area contributed by atoms with Crippen LogP contribution in [-0.4, -0.2) is 22.8 Å². The number of benzene rings is 1. The van der Waals surface area contributed by atoms with Gasteiger partial charge < -0.3 is 10.4 Å². The monoisotopic (exact) mass is 268 g/mol. The minimum absolute atomic E-state index is 0.111. The molecule has 1 rings (SSSR count). The van der Waals surface area contributed by atoms with Crippen molar-refractivity contribution >= 4 is 29.0 Å². The van der Waals surface area contributed by atoms with Crippen LogP contribution in [-0.2, 0) is 11.2 Å². The van der Waals surface area contributed by atoms with Gasteiger partial charge in [-0.15, -0.1) is 0 Å². The highest BCUT2D eigenvalue weighted by atomic mass is 35.5. The second kappa shape index (κ2) is 6.40. The number of nitrogens with one attached hydrogen (secondary N) is 2. The Kier molecular flexibility index (Phi) is 5.16. The van der Waals surface area contributed by atoms with E-state index in [1.165, 1.54) is 0 Å². The number of rotatable bonds is 6. The van der Waals surface area contributed by atoms with E-state index in [2.05, 4.69) is 5.32 Å². The lowest BCUT2D eigenvalue weighted by atomic mass is 10.1. The quantitative estimate of drug-likeness (QED) is 0.694.